The maximum atomic E-state index is 10.5. The van der Waals surface area contributed by atoms with Crippen LogP contribution in [0.3, 0.4) is 0 Å². The fraction of sp³-hybridized carbons (Fsp3) is 0.600. The topological polar surface area (TPSA) is 32.3 Å². The molecule has 1 aromatic rings. The van der Waals surface area contributed by atoms with E-state index in [1.807, 2.05) is 19.1 Å². The molecule has 1 atom stereocenters. The lowest BCUT2D eigenvalue weighted by atomic mass is 9.93. The molecule has 0 saturated heterocycles. The van der Waals surface area contributed by atoms with Gasteiger partial charge in [-0.2, -0.15) is 0 Å². The van der Waals surface area contributed by atoms with E-state index in [0.29, 0.717) is 12.6 Å². The van der Waals surface area contributed by atoms with Crippen LogP contribution in [0.5, 0.6) is 0 Å². The zero-order valence-electron chi connectivity index (χ0n) is 10.9. The van der Waals surface area contributed by atoms with Gasteiger partial charge < -0.3 is 10.4 Å². The summed E-state index contributed by atoms with van der Waals surface area (Å²) in [5, 5.41) is 13.9. The number of benzene rings is 1. The average molecular weight is 233 g/mol. The van der Waals surface area contributed by atoms with Gasteiger partial charge in [-0.1, -0.05) is 37.6 Å². The zero-order chi connectivity index (χ0) is 12.3. The molecule has 1 unspecified atom stereocenters. The SMILES string of the molecule is CCCc1cccc(C(C)(O)CNC2CC2)c1. The molecule has 2 nitrogen and oxygen atoms in total. The van der Waals surface area contributed by atoms with Crippen LogP contribution < -0.4 is 5.32 Å². The Labute approximate surface area is 104 Å². The highest BCUT2D eigenvalue weighted by Crippen LogP contribution is 2.24. The molecule has 0 bridgehead atoms. The molecule has 0 aromatic heterocycles. The van der Waals surface area contributed by atoms with Gasteiger partial charge in [0.05, 0.1) is 5.60 Å². The minimum Gasteiger partial charge on any atom is -0.384 e. The van der Waals surface area contributed by atoms with E-state index >= 15 is 0 Å². The Bertz CT molecular complexity index is 369. The summed E-state index contributed by atoms with van der Waals surface area (Å²) < 4.78 is 0. The van der Waals surface area contributed by atoms with Gasteiger partial charge in [-0.15, -0.1) is 0 Å². The summed E-state index contributed by atoms with van der Waals surface area (Å²) in [6.45, 7) is 4.72. The number of nitrogens with one attached hydrogen (secondary N) is 1. The van der Waals surface area contributed by atoms with E-state index in [4.69, 9.17) is 0 Å². The first kappa shape index (κ1) is 12.6. The van der Waals surface area contributed by atoms with Crippen LogP contribution in [0.1, 0.15) is 44.2 Å². The largest absolute Gasteiger partial charge is 0.384 e. The predicted molar refractivity (Wildman–Crippen MR) is 71.0 cm³/mol. The summed E-state index contributed by atoms with van der Waals surface area (Å²) in [5.74, 6) is 0. The van der Waals surface area contributed by atoms with Gasteiger partial charge in [0, 0.05) is 12.6 Å². The van der Waals surface area contributed by atoms with Crippen molar-refractivity contribution in [3.05, 3.63) is 35.4 Å². The molecule has 1 fully saturated rings. The van der Waals surface area contributed by atoms with E-state index in [2.05, 4.69) is 24.4 Å². The van der Waals surface area contributed by atoms with Gasteiger partial charge in [0.15, 0.2) is 0 Å². The van der Waals surface area contributed by atoms with Gasteiger partial charge in [0.25, 0.3) is 0 Å². The molecular formula is C15H23NO. The molecule has 94 valence electrons. The number of rotatable bonds is 6. The van der Waals surface area contributed by atoms with Crippen molar-refractivity contribution >= 4 is 0 Å². The van der Waals surface area contributed by atoms with Crippen LogP contribution in [0.2, 0.25) is 0 Å². The Balaban J connectivity index is 2.04. The second-order valence-corrected chi connectivity index (χ2v) is 5.38. The molecule has 0 aliphatic heterocycles. The van der Waals surface area contributed by atoms with E-state index in [1.54, 1.807) is 0 Å². The summed E-state index contributed by atoms with van der Waals surface area (Å²) in [6.07, 6.45) is 4.74. The second kappa shape index (κ2) is 5.19. The first-order valence-electron chi connectivity index (χ1n) is 6.67. The summed E-state index contributed by atoms with van der Waals surface area (Å²) in [5.41, 5.74) is 1.58. The van der Waals surface area contributed by atoms with Crippen LogP contribution >= 0.6 is 0 Å². The van der Waals surface area contributed by atoms with E-state index in [0.717, 1.165) is 18.4 Å². The van der Waals surface area contributed by atoms with Crippen LogP contribution in [0.4, 0.5) is 0 Å². The summed E-state index contributed by atoms with van der Waals surface area (Å²) >= 11 is 0. The molecule has 1 aliphatic carbocycles. The highest BCUT2D eigenvalue weighted by molar-refractivity contribution is 5.28. The van der Waals surface area contributed by atoms with Crippen LogP contribution in [-0.2, 0) is 12.0 Å². The van der Waals surface area contributed by atoms with E-state index in [1.165, 1.54) is 18.4 Å². The maximum Gasteiger partial charge on any atom is 0.0992 e. The molecule has 0 radical (unpaired) electrons. The van der Waals surface area contributed by atoms with Gasteiger partial charge in [0.1, 0.15) is 0 Å². The summed E-state index contributed by atoms with van der Waals surface area (Å²) in [7, 11) is 0. The number of aryl methyl sites for hydroxylation is 1. The smallest absolute Gasteiger partial charge is 0.0992 e. The van der Waals surface area contributed by atoms with Crippen LogP contribution in [0, 0.1) is 0 Å². The molecular weight excluding hydrogens is 210 g/mol. The maximum absolute atomic E-state index is 10.5. The standard InChI is InChI=1S/C15H23NO/c1-3-5-12-6-4-7-13(10-12)15(2,17)11-16-14-8-9-14/h4,6-7,10,14,16-17H,3,5,8-9,11H2,1-2H3. The average Bonchev–Trinajstić information content (AvgIpc) is 3.11. The Morgan fingerprint density at radius 3 is 2.82 bits per heavy atom. The van der Waals surface area contributed by atoms with Crippen molar-refractivity contribution in [2.75, 3.05) is 6.54 Å². The Morgan fingerprint density at radius 2 is 2.18 bits per heavy atom. The van der Waals surface area contributed by atoms with Gasteiger partial charge in [-0.3, -0.25) is 0 Å². The van der Waals surface area contributed by atoms with Gasteiger partial charge in [-0.05, 0) is 37.3 Å². The van der Waals surface area contributed by atoms with Crippen molar-refractivity contribution in [1.82, 2.24) is 5.32 Å². The van der Waals surface area contributed by atoms with Gasteiger partial charge >= 0.3 is 0 Å². The fourth-order valence-corrected chi connectivity index (χ4v) is 2.08. The van der Waals surface area contributed by atoms with E-state index in [-0.39, 0.29) is 0 Å². The molecule has 1 saturated carbocycles. The molecule has 2 heteroatoms. The zero-order valence-corrected chi connectivity index (χ0v) is 10.9. The lowest BCUT2D eigenvalue weighted by Gasteiger charge is -2.25. The highest BCUT2D eigenvalue weighted by atomic mass is 16.3. The second-order valence-electron chi connectivity index (χ2n) is 5.38. The minimum absolute atomic E-state index is 0.639. The van der Waals surface area contributed by atoms with Crippen LogP contribution in [0.15, 0.2) is 24.3 Å². The monoisotopic (exact) mass is 233 g/mol. The third kappa shape index (κ3) is 3.55. The van der Waals surface area contributed by atoms with Crippen molar-refractivity contribution < 1.29 is 5.11 Å². The van der Waals surface area contributed by atoms with E-state index < -0.39 is 5.60 Å². The number of hydrogen-bond donors (Lipinski definition) is 2. The van der Waals surface area contributed by atoms with Gasteiger partial charge in [-0.25, -0.2) is 0 Å². The summed E-state index contributed by atoms with van der Waals surface area (Å²) in [6, 6.07) is 8.98. The van der Waals surface area contributed by atoms with Crippen molar-refractivity contribution in [1.29, 1.82) is 0 Å². The molecule has 1 aromatic carbocycles. The molecule has 0 spiro atoms. The quantitative estimate of drug-likeness (QED) is 0.791. The molecule has 17 heavy (non-hydrogen) atoms. The molecule has 0 amide bonds. The number of aliphatic hydroxyl groups is 1. The lowest BCUT2D eigenvalue weighted by molar-refractivity contribution is 0.0565. The Kier molecular flexibility index (Phi) is 3.85. The predicted octanol–water partition coefficient (Wildman–Crippen LogP) is 2.60. The Morgan fingerprint density at radius 1 is 1.41 bits per heavy atom. The normalized spacial score (nSPS) is 19.0. The van der Waals surface area contributed by atoms with Crippen molar-refractivity contribution in [2.24, 2.45) is 0 Å². The number of hydrogen-bond acceptors (Lipinski definition) is 2. The van der Waals surface area contributed by atoms with Gasteiger partial charge in [0.2, 0.25) is 0 Å². The fourth-order valence-electron chi connectivity index (χ4n) is 2.08. The lowest BCUT2D eigenvalue weighted by Crippen LogP contribution is -2.36. The third-order valence-electron chi connectivity index (χ3n) is 3.40. The molecule has 2 rings (SSSR count). The van der Waals surface area contributed by atoms with Crippen molar-refractivity contribution in [2.45, 2.75) is 51.2 Å². The van der Waals surface area contributed by atoms with Crippen molar-refractivity contribution in [3.8, 4) is 0 Å². The first-order chi connectivity index (χ1) is 8.12. The van der Waals surface area contributed by atoms with Crippen LogP contribution in [0.25, 0.3) is 0 Å². The molecule has 1 aliphatic rings. The van der Waals surface area contributed by atoms with E-state index in [9.17, 15) is 5.11 Å². The first-order valence-corrected chi connectivity index (χ1v) is 6.67. The minimum atomic E-state index is -0.758. The summed E-state index contributed by atoms with van der Waals surface area (Å²) in [4.78, 5) is 0. The van der Waals surface area contributed by atoms with Crippen molar-refractivity contribution in [3.63, 3.8) is 0 Å². The van der Waals surface area contributed by atoms with Crippen LogP contribution in [-0.4, -0.2) is 17.7 Å². The Hall–Kier alpha value is -0.860. The highest BCUT2D eigenvalue weighted by Gasteiger charge is 2.27. The molecule has 2 N–H and O–H groups in total. The third-order valence-corrected chi connectivity index (χ3v) is 3.40. The molecule has 0 heterocycles.